The SMILES string of the molecule is C=C/C=C1/CCCC(C(CC(C)(C)C(CCC)CCCC)c2ccc(C)cc2)=C1CCC.CC.CC.CC.CCC. The van der Waals surface area contributed by atoms with Crippen molar-refractivity contribution in [3.05, 3.63) is 70.8 Å². The van der Waals surface area contributed by atoms with E-state index in [2.05, 4.69) is 92.3 Å². The molecule has 0 heteroatoms. The predicted molar refractivity (Wildman–Crippen MR) is 194 cm³/mol. The lowest BCUT2D eigenvalue weighted by Gasteiger charge is -2.40. The summed E-state index contributed by atoms with van der Waals surface area (Å²) < 4.78 is 0. The molecule has 240 valence electrons. The van der Waals surface area contributed by atoms with Gasteiger partial charge in [-0.2, -0.15) is 0 Å². The van der Waals surface area contributed by atoms with Crippen LogP contribution in [-0.4, -0.2) is 0 Å². The zero-order valence-electron chi connectivity index (χ0n) is 30.8. The first-order valence-electron chi connectivity index (χ1n) is 17.9. The van der Waals surface area contributed by atoms with Crippen molar-refractivity contribution in [1.82, 2.24) is 0 Å². The summed E-state index contributed by atoms with van der Waals surface area (Å²) in [4.78, 5) is 0. The first-order chi connectivity index (χ1) is 19.8. The van der Waals surface area contributed by atoms with Gasteiger partial charge in [0.1, 0.15) is 0 Å². The van der Waals surface area contributed by atoms with Gasteiger partial charge in [0, 0.05) is 5.92 Å². The van der Waals surface area contributed by atoms with Crippen LogP contribution in [0, 0.1) is 18.3 Å². The highest BCUT2D eigenvalue weighted by molar-refractivity contribution is 5.45. The van der Waals surface area contributed by atoms with Crippen molar-refractivity contribution in [3.8, 4) is 0 Å². The van der Waals surface area contributed by atoms with Gasteiger partial charge in [0.2, 0.25) is 0 Å². The molecular weight excluding hydrogens is 492 g/mol. The first kappa shape index (κ1) is 43.9. The van der Waals surface area contributed by atoms with Crippen LogP contribution in [0.25, 0.3) is 0 Å². The summed E-state index contributed by atoms with van der Waals surface area (Å²) in [5, 5.41) is 0. The van der Waals surface area contributed by atoms with Crippen LogP contribution >= 0.6 is 0 Å². The maximum absolute atomic E-state index is 4.02. The molecule has 0 radical (unpaired) electrons. The average Bonchev–Trinajstić information content (AvgIpc) is 2.99. The maximum atomic E-state index is 4.02. The van der Waals surface area contributed by atoms with E-state index in [9.17, 15) is 0 Å². The van der Waals surface area contributed by atoms with Crippen LogP contribution in [0.5, 0.6) is 0 Å². The summed E-state index contributed by atoms with van der Waals surface area (Å²) in [5.74, 6) is 1.34. The van der Waals surface area contributed by atoms with Crippen molar-refractivity contribution in [3.63, 3.8) is 0 Å². The van der Waals surface area contributed by atoms with Gasteiger partial charge in [0.25, 0.3) is 0 Å². The van der Waals surface area contributed by atoms with Gasteiger partial charge in [-0.25, -0.2) is 0 Å². The molecule has 0 nitrogen and oxygen atoms in total. The Hall–Kier alpha value is -1.56. The summed E-state index contributed by atoms with van der Waals surface area (Å²) in [6, 6.07) is 9.47. The number of benzene rings is 1. The molecule has 0 N–H and O–H groups in total. The van der Waals surface area contributed by atoms with Crippen LogP contribution in [0.3, 0.4) is 0 Å². The van der Waals surface area contributed by atoms with Crippen molar-refractivity contribution < 1.29 is 0 Å². The van der Waals surface area contributed by atoms with Gasteiger partial charge in [-0.15, -0.1) is 0 Å². The normalized spacial score (nSPS) is 15.0. The molecule has 2 unspecified atom stereocenters. The second-order valence-corrected chi connectivity index (χ2v) is 11.5. The van der Waals surface area contributed by atoms with E-state index in [-0.39, 0.29) is 0 Å². The van der Waals surface area contributed by atoms with E-state index in [0.29, 0.717) is 11.3 Å². The molecule has 0 fully saturated rings. The van der Waals surface area contributed by atoms with Gasteiger partial charge in [-0.1, -0.05) is 183 Å². The van der Waals surface area contributed by atoms with Gasteiger partial charge in [-0.3, -0.25) is 0 Å². The quantitative estimate of drug-likeness (QED) is 0.222. The molecule has 41 heavy (non-hydrogen) atoms. The zero-order valence-corrected chi connectivity index (χ0v) is 30.8. The highest BCUT2D eigenvalue weighted by Gasteiger charge is 2.34. The van der Waals surface area contributed by atoms with Crippen molar-refractivity contribution in [2.75, 3.05) is 0 Å². The molecule has 0 aromatic heterocycles. The Kier molecular flexibility index (Phi) is 30.6. The highest BCUT2D eigenvalue weighted by Crippen LogP contribution is 2.48. The van der Waals surface area contributed by atoms with E-state index < -0.39 is 0 Å². The molecule has 0 bridgehead atoms. The Bertz CT molecular complexity index is 771. The van der Waals surface area contributed by atoms with Crippen LogP contribution < -0.4 is 0 Å². The molecule has 0 amide bonds. The Morgan fingerprint density at radius 1 is 0.805 bits per heavy atom. The summed E-state index contributed by atoms with van der Waals surface area (Å²) >= 11 is 0. The Balaban J connectivity index is -0.00000144. The molecule has 2 atom stereocenters. The lowest BCUT2D eigenvalue weighted by Crippen LogP contribution is -2.28. The zero-order chi connectivity index (χ0) is 32.3. The molecular formula is C41H76. The fourth-order valence-electron chi connectivity index (χ4n) is 5.92. The molecule has 1 aliphatic carbocycles. The average molecular weight is 569 g/mol. The van der Waals surface area contributed by atoms with Crippen LogP contribution in [0.2, 0.25) is 0 Å². The van der Waals surface area contributed by atoms with E-state index in [1.807, 2.05) is 47.6 Å². The largest absolute Gasteiger partial charge is 0.0991 e. The molecule has 0 spiro atoms. The molecule has 1 aliphatic rings. The third-order valence-corrected chi connectivity index (χ3v) is 7.77. The van der Waals surface area contributed by atoms with E-state index in [0.717, 1.165) is 5.92 Å². The number of aryl methyl sites for hydroxylation is 1. The first-order valence-corrected chi connectivity index (χ1v) is 17.9. The number of hydrogen-bond donors (Lipinski definition) is 0. The lowest BCUT2D eigenvalue weighted by atomic mass is 9.65. The van der Waals surface area contributed by atoms with Gasteiger partial charge >= 0.3 is 0 Å². The van der Waals surface area contributed by atoms with E-state index in [4.69, 9.17) is 0 Å². The van der Waals surface area contributed by atoms with E-state index in [1.54, 1.807) is 16.7 Å². The Morgan fingerprint density at radius 3 is 1.83 bits per heavy atom. The molecule has 1 aromatic rings. The summed E-state index contributed by atoms with van der Waals surface area (Å²) in [6.45, 7) is 34.6. The second-order valence-electron chi connectivity index (χ2n) is 11.5. The van der Waals surface area contributed by atoms with E-state index in [1.165, 1.54) is 88.2 Å². The minimum atomic E-state index is 0.338. The minimum absolute atomic E-state index is 0.338. The number of hydrogen-bond acceptors (Lipinski definition) is 0. The Morgan fingerprint density at radius 2 is 1.37 bits per heavy atom. The predicted octanol–water partition coefficient (Wildman–Crippen LogP) is 15.0. The molecule has 1 aromatic carbocycles. The van der Waals surface area contributed by atoms with Crippen LogP contribution in [0.1, 0.15) is 184 Å². The van der Waals surface area contributed by atoms with Crippen molar-refractivity contribution >= 4 is 0 Å². The monoisotopic (exact) mass is 569 g/mol. The second kappa shape index (κ2) is 28.6. The van der Waals surface area contributed by atoms with Gasteiger partial charge in [-0.05, 0) is 73.5 Å². The number of unbranched alkanes of at least 4 members (excludes halogenated alkanes) is 1. The molecule has 2 rings (SSSR count). The van der Waals surface area contributed by atoms with Crippen LogP contribution in [0.4, 0.5) is 0 Å². The van der Waals surface area contributed by atoms with Crippen LogP contribution in [-0.2, 0) is 0 Å². The fraction of sp³-hybridized carbons (Fsp3) is 0.707. The Labute approximate surface area is 261 Å². The van der Waals surface area contributed by atoms with Gasteiger partial charge < -0.3 is 0 Å². The van der Waals surface area contributed by atoms with Gasteiger partial charge in [0.05, 0.1) is 0 Å². The lowest BCUT2D eigenvalue weighted by molar-refractivity contribution is 0.158. The topological polar surface area (TPSA) is 0 Å². The molecule has 0 saturated carbocycles. The fourth-order valence-corrected chi connectivity index (χ4v) is 5.92. The van der Waals surface area contributed by atoms with Crippen molar-refractivity contribution in [2.24, 2.45) is 11.3 Å². The smallest absolute Gasteiger partial charge is 0.00592 e. The van der Waals surface area contributed by atoms with Gasteiger partial charge in [0.15, 0.2) is 0 Å². The molecule has 0 saturated heterocycles. The maximum Gasteiger partial charge on any atom is 0.00592 e. The standard InChI is InChI=1S/C32H50.C3H8.3C2H6/c1-8-12-18-28(15-10-3)32(6,7)24-31(27-22-20-25(5)21-23-27)30-19-13-17-26(14-9-2)29(30)16-11-4;1-3-2;3*1-2/h9,14,20-23,28,31H,2,8,10-13,15-19,24H2,1,3-7H3;3H2,1-2H3;3*1-2H3/b26-14-;;;;. The summed E-state index contributed by atoms with van der Waals surface area (Å²) in [7, 11) is 0. The van der Waals surface area contributed by atoms with Crippen LogP contribution in [0.15, 0.2) is 59.7 Å². The molecule has 0 aliphatic heterocycles. The third kappa shape index (κ3) is 17.2. The van der Waals surface area contributed by atoms with Crippen molar-refractivity contribution in [2.45, 2.75) is 180 Å². The van der Waals surface area contributed by atoms with Crippen molar-refractivity contribution in [1.29, 1.82) is 0 Å². The summed E-state index contributed by atoms with van der Waals surface area (Å²) in [6.07, 6.45) is 19.7. The summed E-state index contributed by atoms with van der Waals surface area (Å²) in [5.41, 5.74) is 8.16. The van der Waals surface area contributed by atoms with E-state index >= 15 is 0 Å². The minimum Gasteiger partial charge on any atom is -0.0991 e. The number of allylic oxidation sites excluding steroid dienone is 5. The highest BCUT2D eigenvalue weighted by atomic mass is 14.4. The number of rotatable bonds is 13. The third-order valence-electron chi connectivity index (χ3n) is 7.77. The molecule has 0 heterocycles.